The molecule has 0 radical (unpaired) electrons. The topological polar surface area (TPSA) is 83.1 Å². The minimum absolute atomic E-state index is 0.0587. The normalized spacial score (nSPS) is 10.4. The number of nitriles is 1. The standard InChI is InChI=1S/C18H10Cl2N2O3/c19-13-2-1-3-14(18(13)20)22-16(23)7-11-8-17(24)25-15-6-10(9-21)4-5-12(11)15/h1-6,8H,7H2,(H,22,23). The average molecular weight is 373 g/mol. The van der Waals surface area contributed by atoms with E-state index < -0.39 is 5.63 Å². The molecule has 0 saturated heterocycles. The van der Waals surface area contributed by atoms with Crippen molar-refractivity contribution in [1.82, 2.24) is 0 Å². The number of hydrogen-bond acceptors (Lipinski definition) is 4. The molecule has 0 aliphatic rings. The molecule has 124 valence electrons. The summed E-state index contributed by atoms with van der Waals surface area (Å²) in [6, 6.07) is 12.8. The Hall–Kier alpha value is -2.81. The van der Waals surface area contributed by atoms with Crippen LogP contribution in [-0.4, -0.2) is 5.91 Å². The zero-order valence-corrected chi connectivity index (χ0v) is 14.2. The minimum Gasteiger partial charge on any atom is -0.423 e. The number of carbonyl (C=O) groups is 1. The van der Waals surface area contributed by atoms with Crippen molar-refractivity contribution in [2.75, 3.05) is 5.32 Å². The molecule has 0 bridgehead atoms. The number of carbonyl (C=O) groups excluding carboxylic acids is 1. The number of rotatable bonds is 3. The molecule has 0 saturated carbocycles. The van der Waals surface area contributed by atoms with Crippen molar-refractivity contribution in [3.05, 3.63) is 74.1 Å². The number of fused-ring (bicyclic) bond motifs is 1. The van der Waals surface area contributed by atoms with Gasteiger partial charge in [-0.15, -0.1) is 0 Å². The van der Waals surface area contributed by atoms with Crippen LogP contribution in [0.15, 0.2) is 51.7 Å². The first kappa shape index (κ1) is 17.0. The minimum atomic E-state index is -0.592. The fourth-order valence-corrected chi connectivity index (χ4v) is 2.76. The van der Waals surface area contributed by atoms with Crippen LogP contribution < -0.4 is 10.9 Å². The van der Waals surface area contributed by atoms with Gasteiger partial charge in [-0.1, -0.05) is 29.3 Å². The van der Waals surface area contributed by atoms with Crippen LogP contribution in [0.5, 0.6) is 0 Å². The Morgan fingerprint density at radius 2 is 2.00 bits per heavy atom. The molecule has 1 heterocycles. The third-order valence-electron chi connectivity index (χ3n) is 3.54. The van der Waals surface area contributed by atoms with Crippen molar-refractivity contribution in [2.45, 2.75) is 6.42 Å². The van der Waals surface area contributed by atoms with Crippen molar-refractivity contribution in [3.8, 4) is 6.07 Å². The van der Waals surface area contributed by atoms with Crippen molar-refractivity contribution in [2.24, 2.45) is 0 Å². The third-order valence-corrected chi connectivity index (χ3v) is 4.35. The highest BCUT2D eigenvalue weighted by Gasteiger charge is 2.13. The van der Waals surface area contributed by atoms with Gasteiger partial charge >= 0.3 is 5.63 Å². The molecule has 3 rings (SSSR count). The Morgan fingerprint density at radius 3 is 2.76 bits per heavy atom. The molecule has 25 heavy (non-hydrogen) atoms. The SMILES string of the molecule is N#Cc1ccc2c(CC(=O)Nc3cccc(Cl)c3Cl)cc(=O)oc2c1. The number of nitrogens with one attached hydrogen (secondary N) is 1. The Labute approximate surface area is 152 Å². The maximum atomic E-state index is 12.3. The summed E-state index contributed by atoms with van der Waals surface area (Å²) in [5.74, 6) is -0.361. The molecule has 0 aliphatic heterocycles. The molecule has 0 spiro atoms. The molecular formula is C18H10Cl2N2O3. The summed E-state index contributed by atoms with van der Waals surface area (Å²) in [5, 5.41) is 12.8. The Bertz CT molecular complexity index is 1080. The number of amides is 1. The van der Waals surface area contributed by atoms with E-state index in [1.165, 1.54) is 12.1 Å². The quantitative estimate of drug-likeness (QED) is 0.699. The van der Waals surface area contributed by atoms with Gasteiger partial charge in [-0.25, -0.2) is 4.79 Å². The summed E-state index contributed by atoms with van der Waals surface area (Å²) < 4.78 is 5.10. The van der Waals surface area contributed by atoms with E-state index in [2.05, 4.69) is 5.32 Å². The summed E-state index contributed by atoms with van der Waals surface area (Å²) in [6.07, 6.45) is -0.0587. The van der Waals surface area contributed by atoms with Gasteiger partial charge < -0.3 is 9.73 Å². The van der Waals surface area contributed by atoms with E-state index in [1.807, 2.05) is 6.07 Å². The van der Waals surface area contributed by atoms with E-state index in [0.29, 0.717) is 27.2 Å². The summed E-state index contributed by atoms with van der Waals surface area (Å²) in [4.78, 5) is 24.0. The average Bonchev–Trinajstić information content (AvgIpc) is 2.58. The summed E-state index contributed by atoms with van der Waals surface area (Å²) >= 11 is 12.0. The summed E-state index contributed by atoms with van der Waals surface area (Å²) in [5.41, 5.74) is 0.911. The smallest absolute Gasteiger partial charge is 0.336 e. The molecule has 2 aromatic carbocycles. The van der Waals surface area contributed by atoms with Gasteiger partial charge in [0.15, 0.2) is 0 Å². The highest BCUT2D eigenvalue weighted by Crippen LogP contribution is 2.29. The van der Waals surface area contributed by atoms with E-state index in [1.54, 1.807) is 30.3 Å². The maximum absolute atomic E-state index is 12.3. The number of hydrogen-bond donors (Lipinski definition) is 1. The van der Waals surface area contributed by atoms with Crippen LogP contribution in [0.4, 0.5) is 5.69 Å². The van der Waals surface area contributed by atoms with Gasteiger partial charge in [-0.05, 0) is 35.9 Å². The van der Waals surface area contributed by atoms with Crippen LogP contribution in [-0.2, 0) is 11.2 Å². The van der Waals surface area contributed by atoms with Crippen LogP contribution in [0, 0.1) is 11.3 Å². The lowest BCUT2D eigenvalue weighted by Crippen LogP contribution is -2.16. The number of anilines is 1. The summed E-state index contributed by atoms with van der Waals surface area (Å²) in [6.45, 7) is 0. The van der Waals surface area contributed by atoms with Crippen LogP contribution in [0.2, 0.25) is 10.0 Å². The first-order valence-corrected chi connectivity index (χ1v) is 7.94. The molecule has 1 aromatic heterocycles. The van der Waals surface area contributed by atoms with E-state index >= 15 is 0 Å². The lowest BCUT2D eigenvalue weighted by molar-refractivity contribution is -0.115. The van der Waals surface area contributed by atoms with Gasteiger partial charge in [-0.2, -0.15) is 5.26 Å². The fourth-order valence-electron chi connectivity index (χ4n) is 2.41. The number of benzene rings is 2. The predicted octanol–water partition coefficient (Wildman–Crippen LogP) is 4.15. The monoisotopic (exact) mass is 372 g/mol. The number of halogens is 2. The van der Waals surface area contributed by atoms with E-state index in [4.69, 9.17) is 32.9 Å². The molecule has 7 heteroatoms. The predicted molar refractivity (Wildman–Crippen MR) is 96.0 cm³/mol. The van der Waals surface area contributed by atoms with Gasteiger partial charge in [0.1, 0.15) is 5.58 Å². The van der Waals surface area contributed by atoms with Crippen molar-refractivity contribution in [1.29, 1.82) is 5.26 Å². The molecule has 0 aliphatic carbocycles. The van der Waals surface area contributed by atoms with Crippen LogP contribution >= 0.6 is 23.2 Å². The first-order valence-electron chi connectivity index (χ1n) is 7.18. The molecule has 1 amide bonds. The van der Waals surface area contributed by atoms with E-state index in [0.717, 1.165) is 0 Å². The van der Waals surface area contributed by atoms with Crippen LogP contribution in [0.3, 0.4) is 0 Å². The van der Waals surface area contributed by atoms with Gasteiger partial charge in [0.2, 0.25) is 5.91 Å². The van der Waals surface area contributed by atoms with Gasteiger partial charge in [0.25, 0.3) is 0 Å². The van der Waals surface area contributed by atoms with Gasteiger partial charge in [0, 0.05) is 11.5 Å². The Kier molecular flexibility index (Phi) is 4.75. The van der Waals surface area contributed by atoms with Crippen molar-refractivity contribution < 1.29 is 9.21 Å². The zero-order chi connectivity index (χ0) is 18.0. The largest absolute Gasteiger partial charge is 0.423 e. The first-order chi connectivity index (χ1) is 12.0. The molecule has 0 atom stereocenters. The third kappa shape index (κ3) is 3.66. The maximum Gasteiger partial charge on any atom is 0.336 e. The van der Waals surface area contributed by atoms with Crippen molar-refractivity contribution in [3.63, 3.8) is 0 Å². The van der Waals surface area contributed by atoms with Crippen LogP contribution in [0.25, 0.3) is 11.0 Å². The second-order valence-corrected chi connectivity index (χ2v) is 6.02. The van der Waals surface area contributed by atoms with Crippen LogP contribution in [0.1, 0.15) is 11.1 Å². The molecule has 1 N–H and O–H groups in total. The van der Waals surface area contributed by atoms with Gasteiger partial charge in [-0.3, -0.25) is 4.79 Å². The fraction of sp³-hybridized carbons (Fsp3) is 0.0556. The molecular weight excluding hydrogens is 363 g/mol. The second-order valence-electron chi connectivity index (χ2n) is 5.24. The molecule has 0 unspecified atom stereocenters. The van der Waals surface area contributed by atoms with E-state index in [9.17, 15) is 9.59 Å². The second kappa shape index (κ2) is 6.98. The summed E-state index contributed by atoms with van der Waals surface area (Å²) in [7, 11) is 0. The Morgan fingerprint density at radius 1 is 1.20 bits per heavy atom. The molecule has 5 nitrogen and oxygen atoms in total. The lowest BCUT2D eigenvalue weighted by Gasteiger charge is -2.09. The lowest BCUT2D eigenvalue weighted by atomic mass is 10.1. The molecule has 0 fully saturated rings. The number of nitrogens with zero attached hydrogens (tertiary/aromatic N) is 1. The zero-order valence-electron chi connectivity index (χ0n) is 12.7. The Balaban J connectivity index is 1.92. The molecule has 3 aromatic rings. The highest BCUT2D eigenvalue weighted by atomic mass is 35.5. The van der Waals surface area contributed by atoms with E-state index in [-0.39, 0.29) is 22.9 Å². The highest BCUT2D eigenvalue weighted by molar-refractivity contribution is 6.44. The van der Waals surface area contributed by atoms with Gasteiger partial charge in [0.05, 0.1) is 33.8 Å². The van der Waals surface area contributed by atoms with Crippen molar-refractivity contribution >= 4 is 45.8 Å².